The Morgan fingerprint density at radius 3 is 2.45 bits per heavy atom. The van der Waals surface area contributed by atoms with Gasteiger partial charge in [0.2, 0.25) is 5.91 Å². The molecule has 0 unspecified atom stereocenters. The summed E-state index contributed by atoms with van der Waals surface area (Å²) in [4.78, 5) is 11.7. The molecular weight excluding hydrogens is 252 g/mol. The summed E-state index contributed by atoms with van der Waals surface area (Å²) in [7, 11) is 0. The number of carbonyl (C=O) groups is 1. The van der Waals surface area contributed by atoms with Crippen LogP contribution in [0.25, 0.3) is 0 Å². The van der Waals surface area contributed by atoms with Crippen LogP contribution >= 0.6 is 0 Å². The largest absolute Gasteiger partial charge is 0.379 e. The second kappa shape index (κ2) is 8.59. The van der Waals surface area contributed by atoms with Crippen molar-refractivity contribution < 1.29 is 9.53 Å². The Morgan fingerprint density at radius 1 is 1.20 bits per heavy atom. The second-order valence-corrected chi connectivity index (χ2v) is 5.35. The van der Waals surface area contributed by atoms with Crippen LogP contribution in [0.1, 0.15) is 31.4 Å². The molecule has 0 saturated heterocycles. The number of anilines is 1. The first-order valence-electron chi connectivity index (χ1n) is 7.18. The molecule has 1 rings (SSSR count). The van der Waals surface area contributed by atoms with Gasteiger partial charge in [-0.15, -0.1) is 0 Å². The number of ether oxygens (including phenoxy) is 1. The monoisotopic (exact) mass is 278 g/mol. The third kappa shape index (κ3) is 7.14. The van der Waals surface area contributed by atoms with Gasteiger partial charge in [-0.3, -0.25) is 4.79 Å². The minimum Gasteiger partial charge on any atom is -0.379 e. The van der Waals surface area contributed by atoms with Gasteiger partial charge in [0.25, 0.3) is 0 Å². The summed E-state index contributed by atoms with van der Waals surface area (Å²) in [5.41, 5.74) is 3.37. The van der Waals surface area contributed by atoms with Gasteiger partial charge in [-0.25, -0.2) is 0 Å². The lowest BCUT2D eigenvalue weighted by atomic mass is 10.1. The van der Waals surface area contributed by atoms with E-state index in [1.165, 1.54) is 11.1 Å². The minimum atomic E-state index is 0.00806. The first-order chi connectivity index (χ1) is 9.47. The van der Waals surface area contributed by atoms with Crippen LogP contribution in [0, 0.1) is 13.8 Å². The van der Waals surface area contributed by atoms with Crippen LogP contribution in [0.5, 0.6) is 0 Å². The predicted molar refractivity (Wildman–Crippen MR) is 83.1 cm³/mol. The van der Waals surface area contributed by atoms with Crippen LogP contribution in [-0.2, 0) is 9.53 Å². The lowest BCUT2D eigenvalue weighted by Gasteiger charge is -2.10. The summed E-state index contributed by atoms with van der Waals surface area (Å²) in [5, 5.41) is 6.02. The molecule has 1 amide bonds. The van der Waals surface area contributed by atoms with Gasteiger partial charge in [-0.2, -0.15) is 0 Å². The van der Waals surface area contributed by atoms with E-state index in [0.29, 0.717) is 19.7 Å². The molecule has 0 heterocycles. The number of nitrogens with one attached hydrogen (secondary N) is 2. The third-order valence-electron chi connectivity index (χ3n) is 2.77. The van der Waals surface area contributed by atoms with Crippen LogP contribution < -0.4 is 10.6 Å². The van der Waals surface area contributed by atoms with Crippen LogP contribution in [-0.4, -0.2) is 31.7 Å². The van der Waals surface area contributed by atoms with E-state index in [1.54, 1.807) is 0 Å². The van der Waals surface area contributed by atoms with Gasteiger partial charge in [0.05, 0.1) is 12.6 Å². The molecule has 0 atom stereocenters. The fraction of sp³-hybridized carbons (Fsp3) is 0.562. The summed E-state index contributed by atoms with van der Waals surface area (Å²) in [6.07, 6.45) is 1.09. The fourth-order valence-electron chi connectivity index (χ4n) is 1.94. The van der Waals surface area contributed by atoms with Gasteiger partial charge in [-0.05, 0) is 57.4 Å². The van der Waals surface area contributed by atoms with Crippen molar-refractivity contribution in [1.82, 2.24) is 5.32 Å². The first kappa shape index (κ1) is 16.5. The standard InChI is InChI=1S/C16H26N2O2/c1-12(2)20-7-5-6-17-16(19)11-18-15-9-13(3)8-14(4)10-15/h8-10,12,18H,5-7,11H2,1-4H3,(H,17,19). The zero-order valence-corrected chi connectivity index (χ0v) is 13.0. The quantitative estimate of drug-likeness (QED) is 0.719. The van der Waals surface area contributed by atoms with E-state index in [-0.39, 0.29) is 12.0 Å². The lowest BCUT2D eigenvalue weighted by Crippen LogP contribution is -2.31. The minimum absolute atomic E-state index is 0.00806. The van der Waals surface area contributed by atoms with Crippen LogP contribution in [0.15, 0.2) is 18.2 Å². The summed E-state index contributed by atoms with van der Waals surface area (Å²) in [5.74, 6) is 0.00806. The van der Waals surface area contributed by atoms with Crippen molar-refractivity contribution in [3.63, 3.8) is 0 Å². The van der Waals surface area contributed by atoms with Crippen molar-refractivity contribution in [3.8, 4) is 0 Å². The molecule has 4 nitrogen and oxygen atoms in total. The SMILES string of the molecule is Cc1cc(C)cc(NCC(=O)NCCCOC(C)C)c1. The molecular formula is C16H26N2O2. The molecule has 1 aromatic carbocycles. The van der Waals surface area contributed by atoms with Gasteiger partial charge in [0.15, 0.2) is 0 Å². The first-order valence-corrected chi connectivity index (χ1v) is 7.18. The molecule has 0 aliphatic heterocycles. The van der Waals surface area contributed by atoms with Crippen molar-refractivity contribution in [1.29, 1.82) is 0 Å². The number of aryl methyl sites for hydroxylation is 2. The molecule has 0 bridgehead atoms. The van der Waals surface area contributed by atoms with Gasteiger partial charge >= 0.3 is 0 Å². The molecule has 0 aliphatic rings. The van der Waals surface area contributed by atoms with Gasteiger partial charge in [0.1, 0.15) is 0 Å². The van der Waals surface area contributed by atoms with E-state index in [2.05, 4.69) is 16.7 Å². The van der Waals surface area contributed by atoms with E-state index in [1.807, 2.05) is 39.8 Å². The number of amides is 1. The van der Waals surface area contributed by atoms with Crippen LogP contribution in [0.2, 0.25) is 0 Å². The zero-order chi connectivity index (χ0) is 15.0. The number of hydrogen-bond acceptors (Lipinski definition) is 3. The summed E-state index contributed by atoms with van der Waals surface area (Å²) in [6.45, 7) is 9.75. The van der Waals surface area contributed by atoms with Crippen LogP contribution in [0.4, 0.5) is 5.69 Å². The predicted octanol–water partition coefficient (Wildman–Crippen LogP) is 2.65. The Kier molecular flexibility index (Phi) is 7.09. The highest BCUT2D eigenvalue weighted by atomic mass is 16.5. The molecule has 0 aliphatic carbocycles. The Labute approximate surface area is 121 Å². The highest BCUT2D eigenvalue weighted by Crippen LogP contribution is 2.13. The average Bonchev–Trinajstić information content (AvgIpc) is 2.34. The molecule has 0 aromatic heterocycles. The van der Waals surface area contributed by atoms with Crippen molar-refractivity contribution in [2.24, 2.45) is 0 Å². The molecule has 0 fully saturated rings. The van der Waals surface area contributed by atoms with Gasteiger partial charge in [-0.1, -0.05) is 6.07 Å². The van der Waals surface area contributed by atoms with Gasteiger partial charge < -0.3 is 15.4 Å². The molecule has 0 radical (unpaired) electrons. The van der Waals surface area contributed by atoms with Crippen molar-refractivity contribution in [3.05, 3.63) is 29.3 Å². The molecule has 0 spiro atoms. The maximum Gasteiger partial charge on any atom is 0.239 e. The maximum atomic E-state index is 11.7. The molecule has 4 heteroatoms. The summed E-state index contributed by atoms with van der Waals surface area (Å²) >= 11 is 0. The zero-order valence-electron chi connectivity index (χ0n) is 13.0. The Morgan fingerprint density at radius 2 is 1.85 bits per heavy atom. The van der Waals surface area contributed by atoms with Crippen LogP contribution in [0.3, 0.4) is 0 Å². The van der Waals surface area contributed by atoms with E-state index in [9.17, 15) is 4.79 Å². The van der Waals surface area contributed by atoms with Crippen molar-refractivity contribution in [2.45, 2.75) is 40.2 Å². The number of benzene rings is 1. The lowest BCUT2D eigenvalue weighted by molar-refractivity contribution is -0.119. The molecule has 20 heavy (non-hydrogen) atoms. The van der Waals surface area contributed by atoms with E-state index in [0.717, 1.165) is 12.1 Å². The molecule has 112 valence electrons. The maximum absolute atomic E-state index is 11.7. The van der Waals surface area contributed by atoms with Crippen molar-refractivity contribution >= 4 is 11.6 Å². The van der Waals surface area contributed by atoms with Gasteiger partial charge in [0, 0.05) is 18.8 Å². The Balaban J connectivity index is 2.19. The Bertz CT molecular complexity index is 410. The molecule has 2 N–H and O–H groups in total. The van der Waals surface area contributed by atoms with Crippen molar-refractivity contribution in [2.75, 3.05) is 25.0 Å². The number of rotatable bonds is 8. The Hall–Kier alpha value is -1.55. The smallest absolute Gasteiger partial charge is 0.239 e. The molecule has 1 aromatic rings. The third-order valence-corrected chi connectivity index (χ3v) is 2.77. The topological polar surface area (TPSA) is 50.4 Å². The van der Waals surface area contributed by atoms with E-state index < -0.39 is 0 Å². The van der Waals surface area contributed by atoms with E-state index >= 15 is 0 Å². The normalized spacial score (nSPS) is 10.7. The highest BCUT2D eigenvalue weighted by molar-refractivity contribution is 5.80. The average molecular weight is 278 g/mol. The number of hydrogen-bond donors (Lipinski definition) is 2. The van der Waals surface area contributed by atoms with E-state index in [4.69, 9.17) is 4.74 Å². The number of carbonyl (C=O) groups excluding carboxylic acids is 1. The molecule has 0 saturated carbocycles. The fourth-order valence-corrected chi connectivity index (χ4v) is 1.94. The second-order valence-electron chi connectivity index (χ2n) is 5.35. The summed E-state index contributed by atoms with van der Waals surface area (Å²) in [6, 6.07) is 6.19. The highest BCUT2D eigenvalue weighted by Gasteiger charge is 2.01. The summed E-state index contributed by atoms with van der Waals surface area (Å²) < 4.78 is 5.41.